The Bertz CT molecular complexity index is 605. The molecule has 0 spiro atoms. The molecule has 1 aliphatic rings. The summed E-state index contributed by atoms with van der Waals surface area (Å²) in [6.07, 6.45) is 0.222. The van der Waals surface area contributed by atoms with Gasteiger partial charge in [-0.3, -0.25) is 14.4 Å². The number of anilines is 1. The van der Waals surface area contributed by atoms with Gasteiger partial charge in [0.15, 0.2) is 17.6 Å². The number of carbonyl (C=O) groups is 3. The number of benzene rings is 1. The summed E-state index contributed by atoms with van der Waals surface area (Å²) >= 11 is 0. The smallest absolute Gasteiger partial charge is 0.220 e. The van der Waals surface area contributed by atoms with E-state index in [9.17, 15) is 14.4 Å². The van der Waals surface area contributed by atoms with Gasteiger partial charge in [0.05, 0.1) is 5.56 Å². The average Bonchev–Trinajstić information content (AvgIpc) is 2.64. The molecule has 1 aromatic carbocycles. The summed E-state index contributed by atoms with van der Waals surface area (Å²) < 4.78 is 0. The number of hydrogen-bond donors (Lipinski definition) is 2. The maximum Gasteiger partial charge on any atom is 0.220 e. The van der Waals surface area contributed by atoms with Crippen LogP contribution in [0.1, 0.15) is 59.4 Å². The molecule has 1 aliphatic carbocycles. The van der Waals surface area contributed by atoms with Crippen LogP contribution in [0, 0.1) is 0 Å². The van der Waals surface area contributed by atoms with Crippen molar-refractivity contribution >= 4 is 23.2 Å². The number of rotatable bonds is 3. The number of ketones is 2. The molecular weight excluding hydrogens is 256 g/mol. The van der Waals surface area contributed by atoms with Crippen LogP contribution in [-0.4, -0.2) is 23.5 Å². The number of nitrogens with one attached hydrogen (secondary N) is 1. The molecule has 0 saturated heterocycles. The molecule has 0 aliphatic heterocycles. The van der Waals surface area contributed by atoms with Crippen LogP contribution < -0.4 is 11.1 Å². The van der Waals surface area contributed by atoms with Gasteiger partial charge in [-0.1, -0.05) is 32.9 Å². The Kier molecular flexibility index (Phi) is 3.61. The van der Waals surface area contributed by atoms with E-state index < -0.39 is 11.8 Å². The molecule has 5 heteroatoms. The molecule has 0 radical (unpaired) electrons. The summed E-state index contributed by atoms with van der Waals surface area (Å²) in [5.41, 5.74) is 7.78. The second-order valence-electron chi connectivity index (χ2n) is 5.23. The minimum atomic E-state index is -1.12. The Balaban J connectivity index is 2.47. The van der Waals surface area contributed by atoms with Gasteiger partial charge in [0, 0.05) is 17.7 Å². The van der Waals surface area contributed by atoms with Gasteiger partial charge in [-0.25, -0.2) is 0 Å². The summed E-state index contributed by atoms with van der Waals surface area (Å²) in [7, 11) is 0. The Morgan fingerprint density at radius 2 is 1.95 bits per heavy atom. The Labute approximate surface area is 117 Å². The first-order valence-corrected chi connectivity index (χ1v) is 6.68. The lowest BCUT2D eigenvalue weighted by Crippen LogP contribution is -2.42. The second kappa shape index (κ2) is 5.07. The Morgan fingerprint density at radius 1 is 1.30 bits per heavy atom. The molecule has 1 unspecified atom stereocenters. The number of nitrogens with two attached hydrogens (primary N) is 1. The van der Waals surface area contributed by atoms with E-state index in [0.29, 0.717) is 11.3 Å². The van der Waals surface area contributed by atoms with E-state index in [4.69, 9.17) is 5.73 Å². The lowest BCUT2D eigenvalue weighted by Gasteiger charge is -2.12. The fourth-order valence-corrected chi connectivity index (χ4v) is 2.42. The molecule has 106 valence electrons. The minimum absolute atomic E-state index is 0.160. The fraction of sp³-hybridized carbons (Fsp3) is 0.400. The maximum absolute atomic E-state index is 12.3. The summed E-state index contributed by atoms with van der Waals surface area (Å²) in [6.45, 7) is 5.60. The SMILES string of the molecule is CCC(=O)NC1C(=O)c2ccc(C(C)C)c(N)c2C1=O. The van der Waals surface area contributed by atoms with Crippen molar-refractivity contribution in [2.45, 2.75) is 39.2 Å². The monoisotopic (exact) mass is 274 g/mol. The molecule has 1 atom stereocenters. The molecular formula is C15H18N2O3. The lowest BCUT2D eigenvalue weighted by atomic mass is 9.95. The molecule has 5 nitrogen and oxygen atoms in total. The van der Waals surface area contributed by atoms with Crippen molar-refractivity contribution < 1.29 is 14.4 Å². The van der Waals surface area contributed by atoms with Crippen molar-refractivity contribution in [3.05, 3.63) is 28.8 Å². The van der Waals surface area contributed by atoms with Crippen molar-refractivity contribution in [2.24, 2.45) is 0 Å². The van der Waals surface area contributed by atoms with Crippen LogP contribution in [0.3, 0.4) is 0 Å². The zero-order valence-corrected chi connectivity index (χ0v) is 11.8. The molecule has 0 heterocycles. The van der Waals surface area contributed by atoms with E-state index >= 15 is 0 Å². The van der Waals surface area contributed by atoms with Crippen LogP contribution in [0.5, 0.6) is 0 Å². The molecule has 0 bridgehead atoms. The fourth-order valence-electron chi connectivity index (χ4n) is 2.42. The maximum atomic E-state index is 12.3. The molecule has 20 heavy (non-hydrogen) atoms. The van der Waals surface area contributed by atoms with Crippen molar-refractivity contribution in [1.29, 1.82) is 0 Å². The van der Waals surface area contributed by atoms with Crippen molar-refractivity contribution in [2.75, 3.05) is 5.73 Å². The highest BCUT2D eigenvalue weighted by atomic mass is 16.2. The number of nitrogen functional groups attached to an aromatic ring is 1. The largest absolute Gasteiger partial charge is 0.398 e. The summed E-state index contributed by atoms with van der Waals surface area (Å²) in [5.74, 6) is -0.958. The zero-order valence-electron chi connectivity index (χ0n) is 11.8. The van der Waals surface area contributed by atoms with Gasteiger partial charge in [0.25, 0.3) is 0 Å². The number of amides is 1. The first kappa shape index (κ1) is 14.2. The lowest BCUT2D eigenvalue weighted by molar-refractivity contribution is -0.121. The highest BCUT2D eigenvalue weighted by Crippen LogP contribution is 2.33. The highest BCUT2D eigenvalue weighted by molar-refractivity contribution is 6.32. The highest BCUT2D eigenvalue weighted by Gasteiger charge is 2.41. The average molecular weight is 274 g/mol. The van der Waals surface area contributed by atoms with Crippen LogP contribution in [0.15, 0.2) is 12.1 Å². The van der Waals surface area contributed by atoms with E-state index in [1.54, 1.807) is 19.1 Å². The number of fused-ring (bicyclic) bond motifs is 1. The van der Waals surface area contributed by atoms with E-state index in [-0.39, 0.29) is 29.6 Å². The molecule has 0 fully saturated rings. The summed E-state index contributed by atoms with van der Waals surface area (Å²) in [5, 5.41) is 2.46. The van der Waals surface area contributed by atoms with Crippen LogP contribution >= 0.6 is 0 Å². The Morgan fingerprint density at radius 3 is 2.50 bits per heavy atom. The predicted octanol–water partition coefficient (Wildman–Crippen LogP) is 1.67. The first-order chi connectivity index (χ1) is 9.38. The van der Waals surface area contributed by atoms with Crippen molar-refractivity contribution in [1.82, 2.24) is 5.32 Å². The van der Waals surface area contributed by atoms with E-state index in [0.717, 1.165) is 5.56 Å². The topological polar surface area (TPSA) is 89.3 Å². The van der Waals surface area contributed by atoms with Crippen molar-refractivity contribution in [3.8, 4) is 0 Å². The molecule has 1 amide bonds. The summed E-state index contributed by atoms with van der Waals surface area (Å²) in [4.78, 5) is 36.0. The standard InChI is InChI=1S/C15H18N2O3/c1-4-10(18)17-13-14(19)9-6-5-8(7(2)3)12(16)11(9)15(13)20/h5-7,13H,4,16H2,1-3H3,(H,17,18). The van der Waals surface area contributed by atoms with Gasteiger partial charge in [0.1, 0.15) is 0 Å². The quantitative estimate of drug-likeness (QED) is 0.648. The third-order valence-electron chi connectivity index (χ3n) is 3.56. The zero-order chi connectivity index (χ0) is 15.0. The van der Waals surface area contributed by atoms with Crippen molar-refractivity contribution in [3.63, 3.8) is 0 Å². The predicted molar refractivity (Wildman–Crippen MR) is 75.8 cm³/mol. The second-order valence-corrected chi connectivity index (χ2v) is 5.23. The van der Waals surface area contributed by atoms with E-state index in [1.165, 1.54) is 0 Å². The van der Waals surface area contributed by atoms with Gasteiger partial charge in [-0.05, 0) is 11.5 Å². The van der Waals surface area contributed by atoms with E-state index in [2.05, 4.69) is 5.32 Å². The van der Waals surface area contributed by atoms with Crippen LogP contribution in [0.25, 0.3) is 0 Å². The normalized spacial score (nSPS) is 17.5. The molecule has 0 aromatic heterocycles. The van der Waals surface area contributed by atoms with Crippen LogP contribution in [0.2, 0.25) is 0 Å². The van der Waals surface area contributed by atoms with Gasteiger partial charge in [-0.15, -0.1) is 0 Å². The molecule has 1 aromatic rings. The number of carbonyl (C=O) groups excluding carboxylic acids is 3. The van der Waals surface area contributed by atoms with Crippen LogP contribution in [0.4, 0.5) is 5.69 Å². The minimum Gasteiger partial charge on any atom is -0.398 e. The van der Waals surface area contributed by atoms with Gasteiger partial charge in [0.2, 0.25) is 5.91 Å². The molecule has 2 rings (SSSR count). The van der Waals surface area contributed by atoms with E-state index in [1.807, 2.05) is 13.8 Å². The third kappa shape index (κ3) is 2.09. The van der Waals surface area contributed by atoms with Gasteiger partial charge >= 0.3 is 0 Å². The number of hydrogen-bond acceptors (Lipinski definition) is 4. The van der Waals surface area contributed by atoms with Gasteiger partial charge in [-0.2, -0.15) is 0 Å². The van der Waals surface area contributed by atoms with Gasteiger partial charge < -0.3 is 11.1 Å². The summed E-state index contributed by atoms with van der Waals surface area (Å²) in [6, 6.07) is 2.27. The third-order valence-corrected chi connectivity index (χ3v) is 3.56. The first-order valence-electron chi connectivity index (χ1n) is 6.68. The van der Waals surface area contributed by atoms with Crippen LogP contribution in [-0.2, 0) is 4.79 Å². The number of Topliss-reactive ketones (excluding diaryl/α,β-unsaturated/α-hetero) is 2. The Hall–Kier alpha value is -2.17. The molecule has 0 saturated carbocycles. The molecule has 3 N–H and O–H groups in total.